The molecule has 0 saturated carbocycles. The predicted octanol–water partition coefficient (Wildman–Crippen LogP) is 4.58. The lowest BCUT2D eigenvalue weighted by Crippen LogP contribution is -2.29. The topological polar surface area (TPSA) is 38.0 Å². The number of hydrogen-bond acceptors (Lipinski definition) is 2. The summed E-state index contributed by atoms with van der Waals surface area (Å²) in [5, 5.41) is 0.691. The first kappa shape index (κ1) is 15.5. The highest BCUT2D eigenvalue weighted by atomic mass is 79.9. The van der Waals surface area contributed by atoms with Crippen molar-refractivity contribution < 1.29 is 0 Å². The third kappa shape index (κ3) is 3.23. The van der Waals surface area contributed by atoms with E-state index in [-0.39, 0.29) is 6.04 Å². The maximum atomic E-state index is 6.14. The van der Waals surface area contributed by atoms with E-state index >= 15 is 0 Å². The quantitative estimate of drug-likeness (QED) is 0.626. The maximum absolute atomic E-state index is 6.14. The molecule has 2 aromatic rings. The van der Waals surface area contributed by atoms with Crippen LogP contribution >= 0.6 is 27.5 Å². The van der Waals surface area contributed by atoms with E-state index in [9.17, 15) is 0 Å². The summed E-state index contributed by atoms with van der Waals surface area (Å²) in [6, 6.07) is 10.1. The zero-order valence-electron chi connectivity index (χ0n) is 11.8. The summed E-state index contributed by atoms with van der Waals surface area (Å²) in [6.45, 7) is 6.33. The molecule has 0 saturated heterocycles. The van der Waals surface area contributed by atoms with E-state index in [0.717, 1.165) is 10.0 Å². The van der Waals surface area contributed by atoms with Crippen molar-refractivity contribution in [3.8, 4) is 0 Å². The van der Waals surface area contributed by atoms with Crippen LogP contribution in [0.5, 0.6) is 0 Å². The van der Waals surface area contributed by atoms with Gasteiger partial charge in [-0.1, -0.05) is 39.7 Å². The molecule has 0 spiro atoms. The van der Waals surface area contributed by atoms with Crippen LogP contribution < -0.4 is 11.3 Å². The van der Waals surface area contributed by atoms with Gasteiger partial charge in [0.25, 0.3) is 0 Å². The number of hydrazine groups is 1. The van der Waals surface area contributed by atoms with Gasteiger partial charge in [0.2, 0.25) is 0 Å². The van der Waals surface area contributed by atoms with Crippen molar-refractivity contribution in [1.29, 1.82) is 0 Å². The van der Waals surface area contributed by atoms with Gasteiger partial charge in [0.15, 0.2) is 0 Å². The van der Waals surface area contributed by atoms with Gasteiger partial charge in [0.1, 0.15) is 0 Å². The van der Waals surface area contributed by atoms with Crippen LogP contribution in [-0.2, 0) is 0 Å². The minimum atomic E-state index is -0.0794. The Bertz CT molecular complexity index is 620. The molecule has 2 aromatic carbocycles. The van der Waals surface area contributed by atoms with Gasteiger partial charge in [-0.25, -0.2) is 5.43 Å². The number of hydrogen-bond donors (Lipinski definition) is 2. The lowest BCUT2D eigenvalue weighted by Gasteiger charge is -2.21. The Morgan fingerprint density at radius 1 is 1.00 bits per heavy atom. The summed E-state index contributed by atoms with van der Waals surface area (Å²) in [5.41, 5.74) is 8.87. The van der Waals surface area contributed by atoms with Crippen molar-refractivity contribution in [3.63, 3.8) is 0 Å². The lowest BCUT2D eigenvalue weighted by atomic mass is 9.92. The Hall–Kier alpha value is -0.870. The van der Waals surface area contributed by atoms with E-state index in [0.29, 0.717) is 5.02 Å². The Labute approximate surface area is 133 Å². The van der Waals surface area contributed by atoms with Crippen LogP contribution in [-0.4, -0.2) is 0 Å². The molecule has 0 bridgehead atoms. The highest BCUT2D eigenvalue weighted by molar-refractivity contribution is 9.10. The molecule has 2 nitrogen and oxygen atoms in total. The molecule has 4 heteroatoms. The van der Waals surface area contributed by atoms with Gasteiger partial charge in [0, 0.05) is 9.50 Å². The van der Waals surface area contributed by atoms with Crippen molar-refractivity contribution in [2.75, 3.05) is 0 Å². The van der Waals surface area contributed by atoms with Crippen LogP contribution in [0.4, 0.5) is 0 Å². The second kappa shape index (κ2) is 6.27. The zero-order valence-corrected chi connectivity index (χ0v) is 14.1. The van der Waals surface area contributed by atoms with Gasteiger partial charge >= 0.3 is 0 Å². The summed E-state index contributed by atoms with van der Waals surface area (Å²) in [6.07, 6.45) is 0. The van der Waals surface area contributed by atoms with Crippen molar-refractivity contribution >= 4 is 27.5 Å². The molecule has 3 N–H and O–H groups in total. The van der Waals surface area contributed by atoms with Crippen LogP contribution in [0.15, 0.2) is 34.8 Å². The molecule has 0 aliphatic rings. The van der Waals surface area contributed by atoms with Crippen LogP contribution in [0.2, 0.25) is 5.02 Å². The van der Waals surface area contributed by atoms with Crippen molar-refractivity contribution in [2.24, 2.45) is 5.84 Å². The molecule has 0 heterocycles. The molecule has 0 radical (unpaired) electrons. The van der Waals surface area contributed by atoms with Crippen LogP contribution in [0, 0.1) is 20.8 Å². The smallest absolute Gasteiger partial charge is 0.0713 e. The van der Waals surface area contributed by atoms with E-state index in [2.05, 4.69) is 54.3 Å². The second-order valence-electron chi connectivity index (χ2n) is 5.10. The number of benzene rings is 2. The van der Waals surface area contributed by atoms with E-state index in [4.69, 9.17) is 17.4 Å². The molecule has 2 rings (SSSR count). The summed E-state index contributed by atoms with van der Waals surface area (Å²) >= 11 is 9.61. The summed E-state index contributed by atoms with van der Waals surface area (Å²) in [4.78, 5) is 0. The first-order valence-corrected chi connectivity index (χ1v) is 7.59. The van der Waals surface area contributed by atoms with E-state index in [1.54, 1.807) is 0 Å². The van der Waals surface area contributed by atoms with E-state index < -0.39 is 0 Å². The zero-order chi connectivity index (χ0) is 14.9. The van der Waals surface area contributed by atoms with Crippen molar-refractivity contribution in [1.82, 2.24) is 5.43 Å². The fourth-order valence-electron chi connectivity index (χ4n) is 2.40. The average Bonchev–Trinajstić information content (AvgIpc) is 2.35. The molecular weight excluding hydrogens is 336 g/mol. The predicted molar refractivity (Wildman–Crippen MR) is 89.0 cm³/mol. The Morgan fingerprint density at radius 3 is 2.25 bits per heavy atom. The van der Waals surface area contributed by atoms with Gasteiger partial charge < -0.3 is 0 Å². The van der Waals surface area contributed by atoms with Gasteiger partial charge in [-0.05, 0) is 66.8 Å². The molecule has 0 amide bonds. The number of aryl methyl sites for hydroxylation is 3. The SMILES string of the molecule is Cc1cc(C)c(C(NN)c2cc(Cl)cc(Br)c2)cc1C. The minimum absolute atomic E-state index is 0.0794. The fourth-order valence-corrected chi connectivity index (χ4v) is 3.29. The molecule has 1 unspecified atom stereocenters. The minimum Gasteiger partial charge on any atom is -0.271 e. The van der Waals surface area contributed by atoms with Crippen LogP contribution in [0.3, 0.4) is 0 Å². The molecule has 0 aliphatic carbocycles. The molecule has 0 fully saturated rings. The van der Waals surface area contributed by atoms with Gasteiger partial charge in [0.05, 0.1) is 6.04 Å². The van der Waals surface area contributed by atoms with E-state index in [1.165, 1.54) is 22.3 Å². The number of halogens is 2. The van der Waals surface area contributed by atoms with E-state index in [1.807, 2.05) is 18.2 Å². The van der Waals surface area contributed by atoms with Gasteiger partial charge in [-0.3, -0.25) is 5.84 Å². The maximum Gasteiger partial charge on any atom is 0.0713 e. The fraction of sp³-hybridized carbons (Fsp3) is 0.250. The number of nitrogens with two attached hydrogens (primary N) is 1. The molecule has 20 heavy (non-hydrogen) atoms. The standard InChI is InChI=1S/C16H18BrClN2/c1-9-4-11(3)15(5-10(9)2)16(20-19)12-6-13(17)8-14(18)7-12/h4-8,16,20H,19H2,1-3H3. The number of rotatable bonds is 3. The second-order valence-corrected chi connectivity index (χ2v) is 6.45. The average molecular weight is 354 g/mol. The molecule has 0 aliphatic heterocycles. The lowest BCUT2D eigenvalue weighted by molar-refractivity contribution is 0.633. The van der Waals surface area contributed by atoms with Crippen LogP contribution in [0.25, 0.3) is 0 Å². The molecule has 0 aromatic heterocycles. The summed E-state index contributed by atoms with van der Waals surface area (Å²) in [7, 11) is 0. The number of nitrogens with one attached hydrogen (secondary N) is 1. The Balaban J connectivity index is 2.55. The molecular formula is C16H18BrClN2. The van der Waals surface area contributed by atoms with Crippen molar-refractivity contribution in [3.05, 3.63) is 67.6 Å². The normalized spacial score (nSPS) is 12.5. The van der Waals surface area contributed by atoms with Crippen molar-refractivity contribution in [2.45, 2.75) is 26.8 Å². The third-order valence-electron chi connectivity index (χ3n) is 3.58. The Kier molecular flexibility index (Phi) is 4.86. The molecule has 106 valence electrons. The highest BCUT2D eigenvalue weighted by Crippen LogP contribution is 2.30. The molecule has 1 atom stereocenters. The largest absolute Gasteiger partial charge is 0.271 e. The van der Waals surface area contributed by atoms with Crippen LogP contribution in [0.1, 0.15) is 33.9 Å². The third-order valence-corrected chi connectivity index (χ3v) is 4.25. The first-order chi connectivity index (χ1) is 9.42. The first-order valence-electron chi connectivity index (χ1n) is 6.42. The highest BCUT2D eigenvalue weighted by Gasteiger charge is 2.16. The summed E-state index contributed by atoms with van der Waals surface area (Å²) < 4.78 is 0.946. The van der Waals surface area contributed by atoms with Gasteiger partial charge in [-0.2, -0.15) is 0 Å². The Morgan fingerprint density at radius 2 is 1.65 bits per heavy atom. The monoisotopic (exact) mass is 352 g/mol. The van der Waals surface area contributed by atoms with Gasteiger partial charge in [-0.15, -0.1) is 0 Å². The summed E-state index contributed by atoms with van der Waals surface area (Å²) in [5.74, 6) is 5.79.